The highest BCUT2D eigenvalue weighted by Gasteiger charge is 1.97. The molecule has 0 atom stereocenters. The van der Waals surface area contributed by atoms with Gasteiger partial charge in [0, 0.05) is 11.0 Å². The minimum atomic E-state index is -0.895. The summed E-state index contributed by atoms with van der Waals surface area (Å²) in [5.74, 6) is -0.895. The number of unbranched alkanes of at least 4 members (excludes halogenated alkanes) is 1. The largest absolute Gasteiger partial charge is 0.478 e. The van der Waals surface area contributed by atoms with Gasteiger partial charge in [-0.1, -0.05) is 13.3 Å². The number of hydrogen-bond donors (Lipinski definition) is 1. The Balaban J connectivity index is 2.54. The molecule has 0 bridgehead atoms. The summed E-state index contributed by atoms with van der Waals surface area (Å²) in [4.78, 5) is 11.3. The summed E-state index contributed by atoms with van der Waals surface area (Å²) >= 11 is 1.59. The van der Waals surface area contributed by atoms with E-state index in [9.17, 15) is 4.79 Å². The number of rotatable bonds is 5. The minimum absolute atomic E-state index is 0.895. The number of aryl methyl sites for hydroxylation is 1. The van der Waals surface area contributed by atoms with Crippen LogP contribution < -0.4 is 0 Å². The molecule has 1 aromatic rings. The Kier molecular flexibility index (Phi) is 4.40. The first-order valence-corrected chi connectivity index (χ1v) is 5.58. The highest BCUT2D eigenvalue weighted by Crippen LogP contribution is 2.17. The van der Waals surface area contributed by atoms with Gasteiger partial charge in [0.05, 0.1) is 0 Å². The number of carbonyl (C=O) groups is 1. The Morgan fingerprint density at radius 3 is 3.07 bits per heavy atom. The molecule has 0 saturated heterocycles. The zero-order valence-electron chi connectivity index (χ0n) is 8.19. The van der Waals surface area contributed by atoms with Gasteiger partial charge in [0.25, 0.3) is 0 Å². The Morgan fingerprint density at radius 1 is 1.64 bits per heavy atom. The summed E-state index contributed by atoms with van der Waals surface area (Å²) in [7, 11) is 0. The molecule has 1 rings (SSSR count). The van der Waals surface area contributed by atoms with Crippen LogP contribution in [-0.4, -0.2) is 11.1 Å². The molecule has 0 unspecified atom stereocenters. The van der Waals surface area contributed by atoms with E-state index in [2.05, 4.69) is 18.4 Å². The van der Waals surface area contributed by atoms with Crippen LogP contribution in [0.3, 0.4) is 0 Å². The molecule has 0 aliphatic carbocycles. The second-order valence-electron chi connectivity index (χ2n) is 3.13. The molecule has 14 heavy (non-hydrogen) atoms. The SMILES string of the molecule is CCCCc1csc(/C=C/C(=O)O)c1. The van der Waals surface area contributed by atoms with Crippen molar-refractivity contribution in [2.45, 2.75) is 26.2 Å². The van der Waals surface area contributed by atoms with Crippen molar-refractivity contribution in [3.05, 3.63) is 28.0 Å². The van der Waals surface area contributed by atoms with Crippen molar-refractivity contribution in [2.24, 2.45) is 0 Å². The van der Waals surface area contributed by atoms with E-state index >= 15 is 0 Å². The maximum atomic E-state index is 10.3. The Bertz CT molecular complexity index is 326. The lowest BCUT2D eigenvalue weighted by molar-refractivity contribution is -0.131. The summed E-state index contributed by atoms with van der Waals surface area (Å²) in [6.07, 6.45) is 6.29. The third-order valence-electron chi connectivity index (χ3n) is 1.88. The van der Waals surface area contributed by atoms with Crippen molar-refractivity contribution in [3.8, 4) is 0 Å². The number of carboxylic acids is 1. The van der Waals surface area contributed by atoms with Crippen LogP contribution in [-0.2, 0) is 11.2 Å². The topological polar surface area (TPSA) is 37.3 Å². The highest BCUT2D eigenvalue weighted by atomic mass is 32.1. The molecule has 1 aromatic heterocycles. The third-order valence-corrected chi connectivity index (χ3v) is 2.83. The van der Waals surface area contributed by atoms with Crippen LogP contribution in [0.15, 0.2) is 17.5 Å². The molecule has 0 radical (unpaired) electrons. The maximum Gasteiger partial charge on any atom is 0.328 e. The lowest BCUT2D eigenvalue weighted by Gasteiger charge is -1.91. The van der Waals surface area contributed by atoms with E-state index in [-0.39, 0.29) is 0 Å². The van der Waals surface area contributed by atoms with Gasteiger partial charge in [-0.3, -0.25) is 0 Å². The van der Waals surface area contributed by atoms with E-state index in [1.807, 2.05) is 0 Å². The Hall–Kier alpha value is -1.09. The zero-order chi connectivity index (χ0) is 10.4. The fraction of sp³-hybridized carbons (Fsp3) is 0.364. The highest BCUT2D eigenvalue weighted by molar-refractivity contribution is 7.11. The van der Waals surface area contributed by atoms with Gasteiger partial charge in [0.1, 0.15) is 0 Å². The third kappa shape index (κ3) is 3.75. The van der Waals surface area contributed by atoms with Crippen LogP contribution in [0.5, 0.6) is 0 Å². The van der Waals surface area contributed by atoms with Gasteiger partial charge >= 0.3 is 5.97 Å². The normalized spacial score (nSPS) is 10.9. The monoisotopic (exact) mass is 210 g/mol. The summed E-state index contributed by atoms with van der Waals surface area (Å²) in [6.45, 7) is 2.16. The molecule has 0 aromatic carbocycles. The van der Waals surface area contributed by atoms with E-state index in [4.69, 9.17) is 5.11 Å². The van der Waals surface area contributed by atoms with Crippen molar-refractivity contribution in [1.29, 1.82) is 0 Å². The molecule has 76 valence electrons. The lowest BCUT2D eigenvalue weighted by Crippen LogP contribution is -1.84. The van der Waals surface area contributed by atoms with Crippen LogP contribution in [0.2, 0.25) is 0 Å². The van der Waals surface area contributed by atoms with Gasteiger partial charge in [-0.2, -0.15) is 0 Å². The predicted molar refractivity (Wildman–Crippen MR) is 59.6 cm³/mol. The number of hydrogen-bond acceptors (Lipinski definition) is 2. The first-order chi connectivity index (χ1) is 6.72. The van der Waals surface area contributed by atoms with Gasteiger partial charge in [-0.05, 0) is 35.9 Å². The first-order valence-electron chi connectivity index (χ1n) is 4.70. The Labute approximate surface area is 87.9 Å². The van der Waals surface area contributed by atoms with Crippen LogP contribution in [0.25, 0.3) is 6.08 Å². The summed E-state index contributed by atoms with van der Waals surface area (Å²) in [5, 5.41) is 10.5. The quantitative estimate of drug-likeness (QED) is 0.758. The predicted octanol–water partition coefficient (Wildman–Crippen LogP) is 3.19. The van der Waals surface area contributed by atoms with E-state index < -0.39 is 5.97 Å². The lowest BCUT2D eigenvalue weighted by atomic mass is 10.1. The summed E-state index contributed by atoms with van der Waals surface area (Å²) < 4.78 is 0. The van der Waals surface area contributed by atoms with E-state index in [0.29, 0.717) is 0 Å². The van der Waals surface area contributed by atoms with Crippen LogP contribution in [0.4, 0.5) is 0 Å². The molecule has 0 amide bonds. The van der Waals surface area contributed by atoms with Gasteiger partial charge < -0.3 is 5.11 Å². The summed E-state index contributed by atoms with van der Waals surface area (Å²) in [5.41, 5.74) is 1.31. The van der Waals surface area contributed by atoms with Crippen molar-refractivity contribution >= 4 is 23.4 Å². The average Bonchev–Trinajstić information content (AvgIpc) is 2.59. The fourth-order valence-electron chi connectivity index (χ4n) is 1.15. The molecular weight excluding hydrogens is 196 g/mol. The molecule has 0 aliphatic rings. The zero-order valence-corrected chi connectivity index (χ0v) is 9.01. The fourth-order valence-corrected chi connectivity index (χ4v) is 1.99. The summed E-state index contributed by atoms with van der Waals surface area (Å²) in [6, 6.07) is 2.06. The molecule has 0 fully saturated rings. The molecular formula is C11H14O2S. The Morgan fingerprint density at radius 2 is 2.43 bits per heavy atom. The molecule has 1 heterocycles. The van der Waals surface area contributed by atoms with E-state index in [1.54, 1.807) is 17.4 Å². The smallest absolute Gasteiger partial charge is 0.328 e. The van der Waals surface area contributed by atoms with E-state index in [0.717, 1.165) is 11.3 Å². The van der Waals surface area contributed by atoms with E-state index in [1.165, 1.54) is 24.5 Å². The number of aliphatic carboxylic acids is 1. The maximum absolute atomic E-state index is 10.3. The van der Waals surface area contributed by atoms with Crippen LogP contribution >= 0.6 is 11.3 Å². The molecule has 1 N–H and O–H groups in total. The standard InChI is InChI=1S/C11H14O2S/c1-2-3-4-9-7-10(14-8-9)5-6-11(12)13/h5-8H,2-4H2,1H3,(H,12,13)/b6-5+. The molecule has 0 spiro atoms. The van der Waals surface area contributed by atoms with Crippen molar-refractivity contribution in [1.82, 2.24) is 0 Å². The van der Waals surface area contributed by atoms with Gasteiger partial charge in [0.15, 0.2) is 0 Å². The molecule has 2 nitrogen and oxygen atoms in total. The minimum Gasteiger partial charge on any atom is -0.478 e. The number of thiophene rings is 1. The molecule has 3 heteroatoms. The average molecular weight is 210 g/mol. The second-order valence-corrected chi connectivity index (χ2v) is 4.08. The first kappa shape index (κ1) is 11.0. The van der Waals surface area contributed by atoms with Crippen molar-refractivity contribution in [3.63, 3.8) is 0 Å². The number of carboxylic acid groups (broad SMARTS) is 1. The van der Waals surface area contributed by atoms with Crippen molar-refractivity contribution in [2.75, 3.05) is 0 Å². The van der Waals surface area contributed by atoms with Crippen LogP contribution in [0, 0.1) is 0 Å². The van der Waals surface area contributed by atoms with Crippen LogP contribution in [0.1, 0.15) is 30.2 Å². The second kappa shape index (κ2) is 5.60. The molecule has 0 aliphatic heterocycles. The van der Waals surface area contributed by atoms with Gasteiger partial charge in [0.2, 0.25) is 0 Å². The van der Waals surface area contributed by atoms with Gasteiger partial charge in [-0.25, -0.2) is 4.79 Å². The van der Waals surface area contributed by atoms with Gasteiger partial charge in [-0.15, -0.1) is 11.3 Å². The van der Waals surface area contributed by atoms with Crippen molar-refractivity contribution < 1.29 is 9.90 Å². The molecule has 0 saturated carbocycles.